The number of nitrogens with zero attached hydrogens (tertiary/aromatic N) is 1. The van der Waals surface area contributed by atoms with E-state index < -0.39 is 0 Å². The number of nitrogens with one attached hydrogen (secondary N) is 1. The number of halogens is 1. The van der Waals surface area contributed by atoms with E-state index in [-0.39, 0.29) is 17.9 Å². The Balaban J connectivity index is 2.18. The number of hydrogen-bond donors (Lipinski definition) is 2. The third-order valence-electron chi connectivity index (χ3n) is 2.62. The second kappa shape index (κ2) is 4.02. The van der Waals surface area contributed by atoms with Crippen molar-refractivity contribution in [2.24, 2.45) is 5.73 Å². The standard InChI is InChI=1S/C10H14FN3/c11-9-6-13-3-2-8(9)10-5-7(12)1-4-14-10/h2-3,6-7,10,14H,1,4-5,12H2. The average Bonchev–Trinajstić information content (AvgIpc) is 2.18. The Morgan fingerprint density at radius 1 is 1.57 bits per heavy atom. The summed E-state index contributed by atoms with van der Waals surface area (Å²) < 4.78 is 13.4. The molecular weight excluding hydrogens is 181 g/mol. The molecule has 2 unspecified atom stereocenters. The Kier molecular flexibility index (Phi) is 2.74. The lowest BCUT2D eigenvalue weighted by Gasteiger charge is -2.28. The highest BCUT2D eigenvalue weighted by molar-refractivity contribution is 5.18. The van der Waals surface area contributed by atoms with Crippen LogP contribution in [0, 0.1) is 5.82 Å². The maximum atomic E-state index is 13.4. The molecule has 1 aliphatic heterocycles. The van der Waals surface area contributed by atoms with Crippen LogP contribution in [0.25, 0.3) is 0 Å². The maximum Gasteiger partial charge on any atom is 0.146 e. The van der Waals surface area contributed by atoms with Gasteiger partial charge in [0.15, 0.2) is 0 Å². The molecule has 0 saturated carbocycles. The quantitative estimate of drug-likeness (QED) is 0.702. The lowest BCUT2D eigenvalue weighted by atomic mass is 9.95. The van der Waals surface area contributed by atoms with Gasteiger partial charge in [0, 0.05) is 23.8 Å². The SMILES string of the molecule is NC1CCNC(c2ccncc2F)C1. The Hall–Kier alpha value is -1.00. The van der Waals surface area contributed by atoms with E-state index in [2.05, 4.69) is 10.3 Å². The summed E-state index contributed by atoms with van der Waals surface area (Å²) in [6.45, 7) is 0.855. The monoisotopic (exact) mass is 195 g/mol. The highest BCUT2D eigenvalue weighted by atomic mass is 19.1. The molecule has 3 nitrogen and oxygen atoms in total. The topological polar surface area (TPSA) is 50.9 Å². The van der Waals surface area contributed by atoms with Gasteiger partial charge in [-0.25, -0.2) is 4.39 Å². The fraction of sp³-hybridized carbons (Fsp3) is 0.500. The second-order valence-corrected chi connectivity index (χ2v) is 3.69. The molecule has 4 heteroatoms. The van der Waals surface area contributed by atoms with Gasteiger partial charge >= 0.3 is 0 Å². The van der Waals surface area contributed by atoms with Crippen molar-refractivity contribution in [3.8, 4) is 0 Å². The molecule has 2 rings (SSSR count). The van der Waals surface area contributed by atoms with Crippen LogP contribution in [0.3, 0.4) is 0 Å². The number of nitrogens with two attached hydrogens (primary N) is 1. The van der Waals surface area contributed by atoms with E-state index in [0.29, 0.717) is 5.56 Å². The van der Waals surface area contributed by atoms with Gasteiger partial charge in [0.2, 0.25) is 0 Å². The Morgan fingerprint density at radius 3 is 3.14 bits per heavy atom. The average molecular weight is 195 g/mol. The van der Waals surface area contributed by atoms with Gasteiger partial charge in [-0.2, -0.15) is 0 Å². The molecule has 1 aromatic rings. The van der Waals surface area contributed by atoms with E-state index in [9.17, 15) is 4.39 Å². The van der Waals surface area contributed by atoms with Crippen molar-refractivity contribution < 1.29 is 4.39 Å². The predicted molar refractivity (Wildman–Crippen MR) is 52.1 cm³/mol. The molecule has 76 valence electrons. The fourth-order valence-corrected chi connectivity index (χ4v) is 1.85. The van der Waals surface area contributed by atoms with Crippen molar-refractivity contribution in [3.63, 3.8) is 0 Å². The number of aromatic nitrogens is 1. The molecule has 1 aromatic heterocycles. The highest BCUT2D eigenvalue weighted by Gasteiger charge is 2.22. The number of pyridine rings is 1. The van der Waals surface area contributed by atoms with Crippen LogP contribution in [0.5, 0.6) is 0 Å². The van der Waals surface area contributed by atoms with Crippen molar-refractivity contribution in [1.29, 1.82) is 0 Å². The van der Waals surface area contributed by atoms with Crippen molar-refractivity contribution >= 4 is 0 Å². The van der Waals surface area contributed by atoms with Crippen LogP contribution in [0.15, 0.2) is 18.5 Å². The first-order valence-corrected chi connectivity index (χ1v) is 4.86. The minimum Gasteiger partial charge on any atom is -0.328 e. The van der Waals surface area contributed by atoms with Gasteiger partial charge in [0.1, 0.15) is 5.82 Å². The lowest BCUT2D eigenvalue weighted by molar-refractivity contribution is 0.360. The molecule has 0 aromatic carbocycles. The van der Waals surface area contributed by atoms with Crippen LogP contribution in [-0.4, -0.2) is 17.6 Å². The molecule has 0 amide bonds. The summed E-state index contributed by atoms with van der Waals surface area (Å²) in [5.74, 6) is -0.251. The summed E-state index contributed by atoms with van der Waals surface area (Å²) in [6, 6.07) is 1.93. The summed E-state index contributed by atoms with van der Waals surface area (Å²) in [4.78, 5) is 3.72. The zero-order valence-electron chi connectivity index (χ0n) is 7.91. The lowest BCUT2D eigenvalue weighted by Crippen LogP contribution is -2.38. The van der Waals surface area contributed by atoms with Gasteiger partial charge in [0.25, 0.3) is 0 Å². The zero-order valence-corrected chi connectivity index (χ0v) is 7.91. The van der Waals surface area contributed by atoms with Gasteiger partial charge in [-0.15, -0.1) is 0 Å². The smallest absolute Gasteiger partial charge is 0.146 e. The van der Waals surface area contributed by atoms with Gasteiger partial charge in [-0.1, -0.05) is 0 Å². The Bertz CT molecular complexity index is 316. The zero-order chi connectivity index (χ0) is 9.97. The van der Waals surface area contributed by atoms with Crippen LogP contribution in [0.2, 0.25) is 0 Å². The third-order valence-corrected chi connectivity index (χ3v) is 2.62. The predicted octanol–water partition coefficient (Wildman–Crippen LogP) is 0.972. The van der Waals surface area contributed by atoms with E-state index in [1.54, 1.807) is 12.3 Å². The number of rotatable bonds is 1. The molecule has 14 heavy (non-hydrogen) atoms. The van der Waals surface area contributed by atoms with Crippen LogP contribution in [0.4, 0.5) is 4.39 Å². The largest absolute Gasteiger partial charge is 0.328 e. The molecule has 0 aliphatic carbocycles. The second-order valence-electron chi connectivity index (χ2n) is 3.69. The first kappa shape index (κ1) is 9.55. The summed E-state index contributed by atoms with van der Waals surface area (Å²) in [5.41, 5.74) is 6.51. The third kappa shape index (κ3) is 1.91. The maximum absolute atomic E-state index is 13.4. The van der Waals surface area contributed by atoms with Crippen molar-refractivity contribution in [3.05, 3.63) is 29.8 Å². The van der Waals surface area contributed by atoms with Gasteiger partial charge < -0.3 is 11.1 Å². The fourth-order valence-electron chi connectivity index (χ4n) is 1.85. The van der Waals surface area contributed by atoms with E-state index >= 15 is 0 Å². The van der Waals surface area contributed by atoms with Crippen molar-refractivity contribution in [2.45, 2.75) is 24.9 Å². The van der Waals surface area contributed by atoms with Crippen LogP contribution >= 0.6 is 0 Å². The summed E-state index contributed by atoms with van der Waals surface area (Å²) in [5, 5.41) is 3.26. The first-order valence-electron chi connectivity index (χ1n) is 4.86. The summed E-state index contributed by atoms with van der Waals surface area (Å²) in [6.07, 6.45) is 4.61. The van der Waals surface area contributed by atoms with Crippen molar-refractivity contribution in [1.82, 2.24) is 10.3 Å². The minimum atomic E-state index is -0.251. The van der Waals surface area contributed by atoms with E-state index in [1.165, 1.54) is 6.20 Å². The molecule has 2 heterocycles. The Morgan fingerprint density at radius 2 is 2.43 bits per heavy atom. The van der Waals surface area contributed by atoms with Crippen molar-refractivity contribution in [2.75, 3.05) is 6.54 Å². The van der Waals surface area contributed by atoms with E-state index in [1.807, 2.05) is 0 Å². The molecule has 1 aliphatic rings. The molecule has 0 bridgehead atoms. The number of hydrogen-bond acceptors (Lipinski definition) is 3. The van der Waals surface area contributed by atoms with Crippen LogP contribution in [0.1, 0.15) is 24.4 Å². The first-order chi connectivity index (χ1) is 6.77. The molecule has 2 atom stereocenters. The van der Waals surface area contributed by atoms with Gasteiger partial charge in [-0.3, -0.25) is 4.98 Å². The molecular formula is C10H14FN3. The van der Waals surface area contributed by atoms with Crippen LogP contribution < -0.4 is 11.1 Å². The molecule has 3 N–H and O–H groups in total. The minimum absolute atomic E-state index is 0.0433. The normalized spacial score (nSPS) is 27.6. The molecule has 1 fully saturated rings. The van der Waals surface area contributed by atoms with E-state index in [4.69, 9.17) is 5.73 Å². The Labute approximate surface area is 82.5 Å². The van der Waals surface area contributed by atoms with E-state index in [0.717, 1.165) is 19.4 Å². The number of piperidine rings is 1. The molecule has 0 radical (unpaired) electrons. The van der Waals surface area contributed by atoms with Crippen LogP contribution in [-0.2, 0) is 0 Å². The van der Waals surface area contributed by atoms with Gasteiger partial charge in [0.05, 0.1) is 6.20 Å². The summed E-state index contributed by atoms with van der Waals surface area (Å²) >= 11 is 0. The summed E-state index contributed by atoms with van der Waals surface area (Å²) in [7, 11) is 0. The molecule has 1 saturated heterocycles. The highest BCUT2D eigenvalue weighted by Crippen LogP contribution is 2.23. The van der Waals surface area contributed by atoms with Gasteiger partial charge in [-0.05, 0) is 25.5 Å². The molecule has 0 spiro atoms.